The van der Waals surface area contributed by atoms with E-state index in [1.54, 1.807) is 0 Å². The van der Waals surface area contributed by atoms with Crippen molar-refractivity contribution in [2.24, 2.45) is 0 Å². The van der Waals surface area contributed by atoms with E-state index in [9.17, 15) is 4.79 Å². The van der Waals surface area contributed by atoms with Gasteiger partial charge in [0.15, 0.2) is 0 Å². The molecule has 6 heteroatoms. The van der Waals surface area contributed by atoms with Gasteiger partial charge < -0.3 is 19.9 Å². The van der Waals surface area contributed by atoms with Gasteiger partial charge in [0.2, 0.25) is 0 Å². The number of anilines is 1. The summed E-state index contributed by atoms with van der Waals surface area (Å²) in [4.78, 5) is 19.7. The highest BCUT2D eigenvalue weighted by atomic mass is 16.6. The Labute approximate surface area is 208 Å². The summed E-state index contributed by atoms with van der Waals surface area (Å²) in [6.07, 6.45) is 11.0. The lowest BCUT2D eigenvalue weighted by atomic mass is 9.81. The van der Waals surface area contributed by atoms with Crippen LogP contribution in [0.1, 0.15) is 84.1 Å². The summed E-state index contributed by atoms with van der Waals surface area (Å²) >= 11 is 0. The van der Waals surface area contributed by atoms with E-state index in [1.165, 1.54) is 69.4 Å². The second kappa shape index (κ2) is 12.8. The van der Waals surface area contributed by atoms with E-state index in [4.69, 9.17) is 4.74 Å². The number of likely N-dealkylation sites (tertiary alicyclic amines) is 1. The molecule has 1 fully saturated rings. The van der Waals surface area contributed by atoms with Gasteiger partial charge >= 0.3 is 6.09 Å². The van der Waals surface area contributed by atoms with Crippen LogP contribution in [0.5, 0.6) is 5.75 Å². The van der Waals surface area contributed by atoms with Crippen LogP contribution in [0.2, 0.25) is 0 Å². The van der Waals surface area contributed by atoms with Gasteiger partial charge in [-0.05, 0) is 82.5 Å². The molecule has 6 nitrogen and oxygen atoms in total. The molecule has 1 amide bonds. The smallest absolute Gasteiger partial charge is 0.410 e. The quantitative estimate of drug-likeness (QED) is 0.357. The molecule has 0 saturated carbocycles. The number of nitrogens with one attached hydrogen (secondary N) is 1. The molecule has 2 heterocycles. The predicted octanol–water partition coefficient (Wildman–Crippen LogP) is 5.61. The minimum atomic E-state index is -0.344. The number of likely N-dealkylation sites (N-methyl/N-ethyl adjacent to an activating group) is 2. The molecule has 0 spiro atoms. The first-order valence-electron chi connectivity index (χ1n) is 13.7. The third-order valence-electron chi connectivity index (χ3n) is 7.76. The Hall–Kier alpha value is -1.79. The number of amides is 1. The van der Waals surface area contributed by atoms with Gasteiger partial charge in [0.25, 0.3) is 0 Å². The third kappa shape index (κ3) is 6.45. The third-order valence-corrected chi connectivity index (χ3v) is 7.76. The van der Waals surface area contributed by atoms with E-state index in [-0.39, 0.29) is 11.5 Å². The molecule has 2 atom stereocenters. The molecule has 34 heavy (non-hydrogen) atoms. The zero-order valence-corrected chi connectivity index (χ0v) is 22.4. The van der Waals surface area contributed by atoms with Crippen molar-refractivity contribution in [3.63, 3.8) is 0 Å². The standard InChI is InChI=1S/C28H48N4O2/c1-6-18-32(19-7-2)20-13-11-9-8-10-12-17-29-27(33)34-23-14-15-25-24(22-23)28(3)16-21-30(4)26(28)31(25)5/h14-15,22,26H,6-13,16-21H2,1-5H3,(H,29,33)/t26-,28+/m1/s1. The van der Waals surface area contributed by atoms with Gasteiger partial charge in [-0.15, -0.1) is 0 Å². The van der Waals surface area contributed by atoms with Crippen molar-refractivity contribution in [3.05, 3.63) is 23.8 Å². The van der Waals surface area contributed by atoms with Crippen molar-refractivity contribution in [3.8, 4) is 5.75 Å². The van der Waals surface area contributed by atoms with Crippen molar-refractivity contribution >= 4 is 11.8 Å². The maximum absolute atomic E-state index is 12.3. The van der Waals surface area contributed by atoms with Crippen LogP contribution in [-0.2, 0) is 5.41 Å². The van der Waals surface area contributed by atoms with E-state index < -0.39 is 0 Å². The Morgan fingerprint density at radius 3 is 2.44 bits per heavy atom. The van der Waals surface area contributed by atoms with E-state index in [2.05, 4.69) is 67.0 Å². The van der Waals surface area contributed by atoms with Crippen LogP contribution in [-0.4, -0.2) is 68.9 Å². The Morgan fingerprint density at radius 2 is 1.74 bits per heavy atom. The van der Waals surface area contributed by atoms with Gasteiger partial charge in [0.05, 0.1) is 6.17 Å². The van der Waals surface area contributed by atoms with Crippen molar-refractivity contribution in [2.45, 2.75) is 90.1 Å². The summed E-state index contributed by atoms with van der Waals surface area (Å²) in [7, 11) is 4.36. The molecular weight excluding hydrogens is 424 g/mol. The van der Waals surface area contributed by atoms with Crippen molar-refractivity contribution < 1.29 is 9.53 Å². The van der Waals surface area contributed by atoms with Gasteiger partial charge in [0.1, 0.15) is 5.75 Å². The number of hydrogen-bond acceptors (Lipinski definition) is 5. The van der Waals surface area contributed by atoms with E-state index in [0.29, 0.717) is 18.5 Å². The van der Waals surface area contributed by atoms with Crippen LogP contribution in [0.4, 0.5) is 10.5 Å². The zero-order chi connectivity index (χ0) is 24.6. The summed E-state index contributed by atoms with van der Waals surface area (Å²) in [5.41, 5.74) is 2.62. The highest BCUT2D eigenvalue weighted by Crippen LogP contribution is 2.51. The molecule has 2 aliphatic rings. The lowest BCUT2D eigenvalue weighted by molar-refractivity contribution is 0.200. The van der Waals surface area contributed by atoms with Crippen molar-refractivity contribution in [1.82, 2.24) is 15.1 Å². The SMILES string of the molecule is CCCN(CCC)CCCCCCCCNC(=O)Oc1ccc2c(c1)[C@]1(C)CCN(C)[C@@H]1N2C. The Bertz CT molecular complexity index is 780. The molecule has 3 rings (SSSR count). The molecule has 1 saturated heterocycles. The molecule has 0 radical (unpaired) electrons. The van der Waals surface area contributed by atoms with E-state index >= 15 is 0 Å². The fourth-order valence-corrected chi connectivity index (χ4v) is 6.09. The predicted molar refractivity (Wildman–Crippen MR) is 142 cm³/mol. The molecule has 1 N–H and O–H groups in total. The maximum Gasteiger partial charge on any atom is 0.412 e. The normalized spacial score (nSPS) is 21.7. The van der Waals surface area contributed by atoms with Crippen LogP contribution >= 0.6 is 0 Å². The fraction of sp³-hybridized carbons (Fsp3) is 0.750. The minimum Gasteiger partial charge on any atom is -0.410 e. The number of nitrogens with zero attached hydrogens (tertiary/aromatic N) is 3. The summed E-state index contributed by atoms with van der Waals surface area (Å²) in [6, 6.07) is 6.09. The number of rotatable bonds is 14. The van der Waals surface area contributed by atoms with Crippen LogP contribution in [0.15, 0.2) is 18.2 Å². The van der Waals surface area contributed by atoms with E-state index in [0.717, 1.165) is 25.8 Å². The largest absolute Gasteiger partial charge is 0.412 e. The summed E-state index contributed by atoms with van der Waals surface area (Å²) in [5, 5.41) is 2.93. The summed E-state index contributed by atoms with van der Waals surface area (Å²) < 4.78 is 5.63. The Morgan fingerprint density at radius 1 is 1.06 bits per heavy atom. The molecule has 0 unspecified atom stereocenters. The molecule has 1 aromatic carbocycles. The zero-order valence-electron chi connectivity index (χ0n) is 22.4. The van der Waals surface area contributed by atoms with Crippen LogP contribution < -0.4 is 15.0 Å². The van der Waals surface area contributed by atoms with Gasteiger partial charge in [-0.1, -0.05) is 46.5 Å². The average molecular weight is 473 g/mol. The van der Waals surface area contributed by atoms with E-state index in [1.807, 2.05) is 6.07 Å². The lowest BCUT2D eigenvalue weighted by Crippen LogP contribution is -2.45. The highest BCUT2D eigenvalue weighted by Gasteiger charge is 2.52. The number of unbranched alkanes of at least 4 members (excludes halogenated alkanes) is 5. The first kappa shape index (κ1) is 26.8. The highest BCUT2D eigenvalue weighted by molar-refractivity contribution is 5.72. The summed E-state index contributed by atoms with van der Waals surface area (Å²) in [6.45, 7) is 12.3. The number of carbonyl (C=O) groups is 1. The number of hydrogen-bond donors (Lipinski definition) is 1. The number of ether oxygens (including phenoxy) is 1. The van der Waals surface area contributed by atoms with Crippen LogP contribution in [0.25, 0.3) is 0 Å². The van der Waals surface area contributed by atoms with Crippen molar-refractivity contribution in [1.29, 1.82) is 0 Å². The molecule has 0 aromatic heterocycles. The average Bonchev–Trinajstić information content (AvgIpc) is 3.23. The van der Waals surface area contributed by atoms with Gasteiger partial charge in [-0.2, -0.15) is 0 Å². The molecule has 1 aromatic rings. The number of fused-ring (bicyclic) bond motifs is 3. The molecular formula is C28H48N4O2. The van der Waals surface area contributed by atoms with Gasteiger partial charge in [-0.3, -0.25) is 4.90 Å². The Balaban J connectivity index is 1.31. The summed E-state index contributed by atoms with van der Waals surface area (Å²) in [5.74, 6) is 0.640. The first-order chi connectivity index (χ1) is 16.4. The van der Waals surface area contributed by atoms with Crippen LogP contribution in [0.3, 0.4) is 0 Å². The number of benzene rings is 1. The monoisotopic (exact) mass is 472 g/mol. The first-order valence-corrected chi connectivity index (χ1v) is 13.7. The lowest BCUT2D eigenvalue weighted by Gasteiger charge is -2.32. The molecule has 0 bridgehead atoms. The Kier molecular flexibility index (Phi) is 10.1. The minimum absolute atomic E-state index is 0.0823. The fourth-order valence-electron chi connectivity index (χ4n) is 6.09. The molecule has 192 valence electrons. The topological polar surface area (TPSA) is 48.1 Å². The second-order valence-electron chi connectivity index (χ2n) is 10.6. The van der Waals surface area contributed by atoms with Crippen molar-refractivity contribution in [2.75, 3.05) is 51.7 Å². The maximum atomic E-state index is 12.3. The second-order valence-corrected chi connectivity index (χ2v) is 10.6. The van der Waals surface area contributed by atoms with Gasteiger partial charge in [-0.25, -0.2) is 4.79 Å². The number of carbonyl (C=O) groups excluding carboxylic acids is 1. The molecule has 2 aliphatic heterocycles. The molecule has 0 aliphatic carbocycles. The van der Waals surface area contributed by atoms with Gasteiger partial charge in [0, 0.05) is 31.2 Å². The van der Waals surface area contributed by atoms with Crippen LogP contribution in [0, 0.1) is 0 Å².